The summed E-state index contributed by atoms with van der Waals surface area (Å²) in [7, 11) is 0. The van der Waals surface area contributed by atoms with Crippen LogP contribution >= 0.6 is 0 Å². The molecule has 17 heavy (non-hydrogen) atoms. The molecule has 0 bridgehead atoms. The molecule has 0 aliphatic heterocycles. The van der Waals surface area contributed by atoms with Crippen molar-refractivity contribution in [2.45, 2.75) is 32.1 Å². The molecule has 0 unspecified atom stereocenters. The third-order valence-electron chi connectivity index (χ3n) is 3.68. The zero-order valence-electron chi connectivity index (χ0n) is 10.3. The second-order valence-electron chi connectivity index (χ2n) is 5.03. The van der Waals surface area contributed by atoms with Crippen molar-refractivity contribution in [1.29, 1.82) is 0 Å². The molecule has 0 N–H and O–H groups in total. The maximum Gasteiger partial charge on any atom is 0.0603 e. The number of hydrogen-bond acceptors (Lipinski definition) is 2. The van der Waals surface area contributed by atoms with Gasteiger partial charge in [0, 0.05) is 5.41 Å². The Kier molecular flexibility index (Phi) is 2.25. The van der Waals surface area contributed by atoms with E-state index in [1.165, 1.54) is 29.5 Å². The van der Waals surface area contributed by atoms with Crippen molar-refractivity contribution in [1.82, 2.24) is 10.2 Å². The van der Waals surface area contributed by atoms with Crippen molar-refractivity contribution in [3.8, 4) is 0 Å². The minimum Gasteiger partial charge on any atom is -0.159 e. The summed E-state index contributed by atoms with van der Waals surface area (Å²) >= 11 is 0. The molecule has 2 aromatic rings. The maximum atomic E-state index is 4.08. The Balaban J connectivity index is 2.04. The first-order chi connectivity index (χ1) is 8.21. The van der Waals surface area contributed by atoms with Crippen LogP contribution in [0.1, 0.15) is 35.2 Å². The van der Waals surface area contributed by atoms with Crippen LogP contribution in [0.2, 0.25) is 0 Å². The lowest BCUT2D eigenvalue weighted by Crippen LogP contribution is -2.10. The van der Waals surface area contributed by atoms with Crippen molar-refractivity contribution in [2.24, 2.45) is 0 Å². The van der Waals surface area contributed by atoms with E-state index in [4.69, 9.17) is 0 Å². The van der Waals surface area contributed by atoms with E-state index in [1.807, 2.05) is 13.1 Å². The zero-order chi connectivity index (χ0) is 11.9. The summed E-state index contributed by atoms with van der Waals surface area (Å²) in [6.07, 6.45) is 4.36. The molecular formula is C15H16N2. The molecular weight excluding hydrogens is 208 g/mol. The van der Waals surface area contributed by atoms with E-state index in [1.54, 1.807) is 0 Å². The Morgan fingerprint density at radius 1 is 1.00 bits per heavy atom. The lowest BCUT2D eigenvalue weighted by molar-refractivity contribution is 0.814. The minimum absolute atomic E-state index is 0.217. The van der Waals surface area contributed by atoms with Crippen LogP contribution in [0.3, 0.4) is 0 Å². The third-order valence-corrected chi connectivity index (χ3v) is 3.68. The number of rotatable bonds is 2. The van der Waals surface area contributed by atoms with Crippen molar-refractivity contribution in [2.75, 3.05) is 0 Å². The molecule has 86 valence electrons. The van der Waals surface area contributed by atoms with Gasteiger partial charge in [-0.05, 0) is 43.9 Å². The predicted octanol–water partition coefficient (Wildman–Crippen LogP) is 3.17. The van der Waals surface area contributed by atoms with E-state index in [0.29, 0.717) is 0 Å². The van der Waals surface area contributed by atoms with Crippen molar-refractivity contribution in [3.63, 3.8) is 0 Å². The number of nitrogens with zero attached hydrogens (tertiary/aromatic N) is 2. The smallest absolute Gasteiger partial charge is 0.0603 e. The van der Waals surface area contributed by atoms with E-state index in [0.717, 1.165) is 5.69 Å². The van der Waals surface area contributed by atoms with E-state index >= 15 is 0 Å². The molecule has 0 amide bonds. The highest BCUT2D eigenvalue weighted by molar-refractivity contribution is 5.44. The first-order valence-corrected chi connectivity index (χ1v) is 6.08. The summed E-state index contributed by atoms with van der Waals surface area (Å²) in [5, 5.41) is 8.12. The fourth-order valence-corrected chi connectivity index (χ4v) is 2.48. The minimum atomic E-state index is 0.217. The molecule has 1 heterocycles. The van der Waals surface area contributed by atoms with Crippen molar-refractivity contribution in [3.05, 3.63) is 58.9 Å². The highest BCUT2D eigenvalue weighted by Gasteiger charge is 2.46. The molecule has 0 atom stereocenters. The molecule has 0 saturated heterocycles. The van der Waals surface area contributed by atoms with E-state index < -0.39 is 0 Å². The summed E-state index contributed by atoms with van der Waals surface area (Å²) in [6.45, 7) is 4.13. The normalized spacial score (nSPS) is 16.8. The quantitative estimate of drug-likeness (QED) is 0.783. The third kappa shape index (κ3) is 1.74. The van der Waals surface area contributed by atoms with Crippen LogP contribution in [0.5, 0.6) is 0 Å². The van der Waals surface area contributed by atoms with Gasteiger partial charge in [-0.2, -0.15) is 10.2 Å². The molecule has 1 saturated carbocycles. The lowest BCUT2D eigenvalue weighted by atomic mass is 9.88. The Labute approximate surface area is 102 Å². The summed E-state index contributed by atoms with van der Waals surface area (Å²) in [5.41, 5.74) is 5.26. The molecule has 1 aromatic heterocycles. The molecule has 0 radical (unpaired) electrons. The molecule has 1 aliphatic rings. The Morgan fingerprint density at radius 2 is 1.71 bits per heavy atom. The highest BCUT2D eigenvalue weighted by Crippen LogP contribution is 2.53. The first kappa shape index (κ1) is 10.5. The zero-order valence-corrected chi connectivity index (χ0v) is 10.3. The first-order valence-electron chi connectivity index (χ1n) is 6.08. The van der Waals surface area contributed by atoms with E-state index in [-0.39, 0.29) is 5.41 Å². The Morgan fingerprint density at radius 3 is 2.29 bits per heavy atom. The number of aryl methyl sites for hydroxylation is 2. The average Bonchev–Trinajstić information content (AvgIpc) is 3.11. The van der Waals surface area contributed by atoms with Crippen LogP contribution in [0.4, 0.5) is 0 Å². The summed E-state index contributed by atoms with van der Waals surface area (Å²) in [5.74, 6) is 0. The van der Waals surface area contributed by atoms with Gasteiger partial charge >= 0.3 is 0 Å². The highest BCUT2D eigenvalue weighted by atomic mass is 15.1. The molecule has 2 heteroatoms. The van der Waals surface area contributed by atoms with Gasteiger partial charge < -0.3 is 0 Å². The second kappa shape index (κ2) is 3.66. The molecule has 1 aliphatic carbocycles. The molecule has 0 spiro atoms. The standard InChI is InChI=1S/C15H16N2/c1-11-3-5-13(6-4-11)15(7-8-15)14-9-12(2)17-16-10-14/h3-6,9-10H,7-8H2,1-2H3. The van der Waals surface area contributed by atoms with Gasteiger partial charge in [0.1, 0.15) is 0 Å². The molecule has 1 fully saturated rings. The van der Waals surface area contributed by atoms with Crippen LogP contribution < -0.4 is 0 Å². The number of aromatic nitrogens is 2. The number of benzene rings is 1. The molecule has 1 aromatic carbocycles. The van der Waals surface area contributed by atoms with E-state index in [9.17, 15) is 0 Å². The van der Waals surface area contributed by atoms with Gasteiger partial charge in [-0.3, -0.25) is 0 Å². The lowest BCUT2D eigenvalue weighted by Gasteiger charge is -2.16. The monoisotopic (exact) mass is 224 g/mol. The van der Waals surface area contributed by atoms with Crippen molar-refractivity contribution < 1.29 is 0 Å². The maximum absolute atomic E-state index is 4.08. The Hall–Kier alpha value is -1.70. The second-order valence-corrected chi connectivity index (χ2v) is 5.03. The number of hydrogen-bond donors (Lipinski definition) is 0. The van der Waals surface area contributed by atoms with Gasteiger partial charge in [0.05, 0.1) is 11.9 Å². The predicted molar refractivity (Wildman–Crippen MR) is 68.0 cm³/mol. The van der Waals surface area contributed by atoms with Crippen LogP contribution in [0, 0.1) is 13.8 Å². The van der Waals surface area contributed by atoms with Crippen LogP contribution in [-0.4, -0.2) is 10.2 Å². The van der Waals surface area contributed by atoms with Crippen LogP contribution in [0.25, 0.3) is 0 Å². The fraction of sp³-hybridized carbons (Fsp3) is 0.333. The van der Waals surface area contributed by atoms with Gasteiger partial charge in [0.2, 0.25) is 0 Å². The Bertz CT molecular complexity index is 539. The fourth-order valence-electron chi connectivity index (χ4n) is 2.48. The average molecular weight is 224 g/mol. The summed E-state index contributed by atoms with van der Waals surface area (Å²) in [4.78, 5) is 0. The largest absolute Gasteiger partial charge is 0.159 e. The van der Waals surface area contributed by atoms with Crippen LogP contribution in [0.15, 0.2) is 36.5 Å². The van der Waals surface area contributed by atoms with Gasteiger partial charge in [0.25, 0.3) is 0 Å². The van der Waals surface area contributed by atoms with Gasteiger partial charge in [-0.25, -0.2) is 0 Å². The van der Waals surface area contributed by atoms with Crippen LogP contribution in [-0.2, 0) is 5.41 Å². The SMILES string of the molecule is Cc1ccc(C2(c3cnnc(C)c3)CC2)cc1. The molecule has 3 rings (SSSR count). The van der Waals surface area contributed by atoms with Crippen molar-refractivity contribution >= 4 is 0 Å². The van der Waals surface area contributed by atoms with Gasteiger partial charge in [-0.1, -0.05) is 29.8 Å². The van der Waals surface area contributed by atoms with E-state index in [2.05, 4.69) is 47.5 Å². The topological polar surface area (TPSA) is 25.8 Å². The van der Waals surface area contributed by atoms with Gasteiger partial charge in [0.15, 0.2) is 0 Å². The summed E-state index contributed by atoms with van der Waals surface area (Å²) < 4.78 is 0. The summed E-state index contributed by atoms with van der Waals surface area (Å²) in [6, 6.07) is 11.0. The van der Waals surface area contributed by atoms with Gasteiger partial charge in [-0.15, -0.1) is 0 Å². The molecule has 2 nitrogen and oxygen atoms in total.